The molecule has 0 aliphatic heterocycles. The van der Waals surface area contributed by atoms with Crippen molar-refractivity contribution in [1.29, 1.82) is 0 Å². The Morgan fingerprint density at radius 1 is 1.33 bits per heavy atom. The fraction of sp³-hybridized carbons (Fsp3) is 0.0909. The van der Waals surface area contributed by atoms with Crippen molar-refractivity contribution in [1.82, 2.24) is 15.0 Å². The first-order chi connectivity index (χ1) is 8.63. The number of carbonyl (C=O) groups is 1. The van der Waals surface area contributed by atoms with Crippen molar-refractivity contribution in [3.8, 4) is 0 Å². The van der Waals surface area contributed by atoms with E-state index in [0.717, 1.165) is 0 Å². The van der Waals surface area contributed by atoms with Gasteiger partial charge in [0.1, 0.15) is 5.82 Å². The van der Waals surface area contributed by atoms with E-state index in [1.165, 1.54) is 12.4 Å². The van der Waals surface area contributed by atoms with Crippen LogP contribution in [0.25, 0.3) is 0 Å². The van der Waals surface area contributed by atoms with Gasteiger partial charge >= 0.3 is 0 Å². The van der Waals surface area contributed by atoms with Gasteiger partial charge in [-0.2, -0.15) is 0 Å². The standard InChI is InChI=1S/C11H10ClN5O/c12-11-14-4-3-9(17-11)16-10(18)5-8-2-1-7(13)6-15-8/h1-4,6H,5,13H2,(H,14,16,17,18). The first-order valence-corrected chi connectivity index (χ1v) is 5.50. The van der Waals surface area contributed by atoms with Crippen molar-refractivity contribution in [2.24, 2.45) is 0 Å². The highest BCUT2D eigenvalue weighted by Crippen LogP contribution is 2.07. The molecule has 3 N–H and O–H groups in total. The SMILES string of the molecule is Nc1ccc(CC(=O)Nc2ccnc(Cl)n2)nc1. The van der Waals surface area contributed by atoms with Crippen LogP contribution in [0.3, 0.4) is 0 Å². The third-order valence-electron chi connectivity index (χ3n) is 2.08. The van der Waals surface area contributed by atoms with E-state index in [-0.39, 0.29) is 17.6 Å². The molecule has 0 saturated carbocycles. The van der Waals surface area contributed by atoms with Crippen LogP contribution in [-0.2, 0) is 11.2 Å². The van der Waals surface area contributed by atoms with Gasteiger partial charge in [0.2, 0.25) is 11.2 Å². The molecule has 0 saturated heterocycles. The van der Waals surface area contributed by atoms with Gasteiger partial charge < -0.3 is 11.1 Å². The lowest BCUT2D eigenvalue weighted by Gasteiger charge is -2.04. The highest BCUT2D eigenvalue weighted by atomic mass is 35.5. The summed E-state index contributed by atoms with van der Waals surface area (Å²) < 4.78 is 0. The Labute approximate surface area is 108 Å². The molecule has 2 heterocycles. The molecule has 18 heavy (non-hydrogen) atoms. The summed E-state index contributed by atoms with van der Waals surface area (Å²) in [7, 11) is 0. The molecule has 2 aromatic heterocycles. The molecule has 0 spiro atoms. The lowest BCUT2D eigenvalue weighted by molar-refractivity contribution is -0.115. The van der Waals surface area contributed by atoms with Crippen molar-refractivity contribution in [3.63, 3.8) is 0 Å². The van der Waals surface area contributed by atoms with Crippen molar-refractivity contribution in [2.75, 3.05) is 11.1 Å². The van der Waals surface area contributed by atoms with E-state index in [9.17, 15) is 4.79 Å². The summed E-state index contributed by atoms with van der Waals surface area (Å²) in [4.78, 5) is 23.3. The van der Waals surface area contributed by atoms with Gasteiger partial charge in [0, 0.05) is 11.9 Å². The fourth-order valence-electron chi connectivity index (χ4n) is 1.30. The maximum Gasteiger partial charge on any atom is 0.231 e. The highest BCUT2D eigenvalue weighted by Gasteiger charge is 2.06. The van der Waals surface area contributed by atoms with Gasteiger partial charge in [-0.15, -0.1) is 0 Å². The zero-order valence-electron chi connectivity index (χ0n) is 9.30. The van der Waals surface area contributed by atoms with E-state index in [1.807, 2.05) is 0 Å². The first-order valence-electron chi connectivity index (χ1n) is 5.12. The van der Waals surface area contributed by atoms with Gasteiger partial charge in [0.25, 0.3) is 0 Å². The summed E-state index contributed by atoms with van der Waals surface area (Å²) >= 11 is 5.61. The van der Waals surface area contributed by atoms with E-state index in [0.29, 0.717) is 17.2 Å². The molecular weight excluding hydrogens is 254 g/mol. The monoisotopic (exact) mass is 263 g/mol. The van der Waals surface area contributed by atoms with Crippen molar-refractivity contribution in [2.45, 2.75) is 6.42 Å². The quantitative estimate of drug-likeness (QED) is 0.814. The number of amides is 1. The van der Waals surface area contributed by atoms with Crippen LogP contribution in [0, 0.1) is 0 Å². The minimum absolute atomic E-state index is 0.0819. The second kappa shape index (κ2) is 5.42. The molecule has 0 atom stereocenters. The molecule has 0 aliphatic carbocycles. The maximum absolute atomic E-state index is 11.7. The average molecular weight is 264 g/mol. The van der Waals surface area contributed by atoms with Crippen LogP contribution >= 0.6 is 11.6 Å². The Kier molecular flexibility index (Phi) is 3.69. The molecular formula is C11H10ClN5O. The molecule has 0 radical (unpaired) electrons. The molecule has 0 aliphatic rings. The number of aromatic nitrogens is 3. The summed E-state index contributed by atoms with van der Waals surface area (Å²) in [6.45, 7) is 0. The van der Waals surface area contributed by atoms with Crippen molar-refractivity contribution in [3.05, 3.63) is 41.6 Å². The lowest BCUT2D eigenvalue weighted by Crippen LogP contribution is -2.16. The Bertz CT molecular complexity index is 558. The molecule has 0 aromatic carbocycles. The van der Waals surface area contributed by atoms with E-state index in [1.54, 1.807) is 18.2 Å². The van der Waals surface area contributed by atoms with Gasteiger partial charge in [-0.1, -0.05) is 0 Å². The number of hydrogen-bond donors (Lipinski definition) is 2. The number of hydrogen-bond acceptors (Lipinski definition) is 5. The van der Waals surface area contributed by atoms with E-state index in [2.05, 4.69) is 20.3 Å². The van der Waals surface area contributed by atoms with Gasteiger partial charge in [-0.3, -0.25) is 9.78 Å². The normalized spacial score (nSPS) is 10.1. The second-order valence-electron chi connectivity index (χ2n) is 3.52. The van der Waals surface area contributed by atoms with E-state index >= 15 is 0 Å². The molecule has 0 bridgehead atoms. The van der Waals surface area contributed by atoms with Crippen molar-refractivity contribution >= 4 is 29.0 Å². The first kappa shape index (κ1) is 12.3. The largest absolute Gasteiger partial charge is 0.397 e. The molecule has 0 unspecified atom stereocenters. The lowest BCUT2D eigenvalue weighted by atomic mass is 10.2. The van der Waals surface area contributed by atoms with E-state index < -0.39 is 0 Å². The summed E-state index contributed by atoms with van der Waals surface area (Å²) in [6.07, 6.45) is 3.11. The third kappa shape index (κ3) is 3.39. The van der Waals surface area contributed by atoms with Crippen LogP contribution in [0.2, 0.25) is 5.28 Å². The van der Waals surface area contributed by atoms with Gasteiger partial charge in [-0.05, 0) is 29.8 Å². The fourth-order valence-corrected chi connectivity index (χ4v) is 1.44. The average Bonchev–Trinajstić information content (AvgIpc) is 2.32. The summed E-state index contributed by atoms with van der Waals surface area (Å²) in [5, 5.41) is 2.68. The molecule has 2 aromatic rings. The Hall–Kier alpha value is -2.21. The Morgan fingerprint density at radius 2 is 2.17 bits per heavy atom. The smallest absolute Gasteiger partial charge is 0.231 e. The Morgan fingerprint density at radius 3 is 2.83 bits per heavy atom. The molecule has 92 valence electrons. The predicted molar refractivity (Wildman–Crippen MR) is 68.0 cm³/mol. The summed E-state index contributed by atoms with van der Waals surface area (Å²) in [6, 6.07) is 4.94. The molecule has 2 rings (SSSR count). The number of nitrogens with zero attached hydrogens (tertiary/aromatic N) is 3. The van der Waals surface area contributed by atoms with Gasteiger partial charge in [0.05, 0.1) is 18.3 Å². The van der Waals surface area contributed by atoms with Crippen LogP contribution in [-0.4, -0.2) is 20.9 Å². The number of rotatable bonds is 3. The van der Waals surface area contributed by atoms with Crippen LogP contribution in [0.5, 0.6) is 0 Å². The summed E-state index contributed by atoms with van der Waals surface area (Å²) in [5.74, 6) is 0.123. The highest BCUT2D eigenvalue weighted by molar-refractivity contribution is 6.28. The van der Waals surface area contributed by atoms with Crippen molar-refractivity contribution < 1.29 is 4.79 Å². The molecule has 1 amide bonds. The second-order valence-corrected chi connectivity index (χ2v) is 3.86. The number of halogens is 1. The Balaban J connectivity index is 1.98. The van der Waals surface area contributed by atoms with Crippen LogP contribution in [0.15, 0.2) is 30.6 Å². The minimum atomic E-state index is -0.234. The zero-order valence-corrected chi connectivity index (χ0v) is 10.1. The van der Waals surface area contributed by atoms with Crippen LogP contribution in [0.1, 0.15) is 5.69 Å². The number of nitrogens with two attached hydrogens (primary N) is 1. The number of carbonyl (C=O) groups excluding carboxylic acids is 1. The van der Waals surface area contributed by atoms with Gasteiger partial charge in [0.15, 0.2) is 0 Å². The number of anilines is 2. The number of pyridine rings is 1. The molecule has 0 fully saturated rings. The number of nitrogens with one attached hydrogen (secondary N) is 1. The maximum atomic E-state index is 11.7. The van der Waals surface area contributed by atoms with Gasteiger partial charge in [-0.25, -0.2) is 9.97 Å². The van der Waals surface area contributed by atoms with Crippen LogP contribution in [0.4, 0.5) is 11.5 Å². The number of nitrogen functional groups attached to an aromatic ring is 1. The predicted octanol–water partition coefficient (Wildman–Crippen LogP) is 1.29. The minimum Gasteiger partial charge on any atom is -0.397 e. The van der Waals surface area contributed by atoms with E-state index in [4.69, 9.17) is 17.3 Å². The zero-order chi connectivity index (χ0) is 13.0. The van der Waals surface area contributed by atoms with Crippen LogP contribution < -0.4 is 11.1 Å². The topological polar surface area (TPSA) is 93.8 Å². The molecule has 7 heteroatoms. The third-order valence-corrected chi connectivity index (χ3v) is 2.27. The molecule has 6 nitrogen and oxygen atoms in total. The summed E-state index contributed by atoms with van der Waals surface area (Å²) in [5.41, 5.74) is 6.69.